The van der Waals surface area contributed by atoms with Gasteiger partial charge in [0.25, 0.3) is 0 Å². The number of hydrogen-bond acceptors (Lipinski definition) is 5. The molecule has 6 nitrogen and oxygen atoms in total. The van der Waals surface area contributed by atoms with E-state index in [0.717, 1.165) is 44.0 Å². The molecule has 7 heteroatoms. The Hall–Kier alpha value is -2.22. The maximum Gasteiger partial charge on any atom is 0.309 e. The summed E-state index contributed by atoms with van der Waals surface area (Å²) in [4.78, 5) is 27.0. The van der Waals surface area contributed by atoms with Crippen molar-refractivity contribution in [2.75, 3.05) is 32.8 Å². The molecule has 3 rings (SSSR count). The summed E-state index contributed by atoms with van der Waals surface area (Å²) < 4.78 is 5.89. The minimum absolute atomic E-state index is 0.127. The van der Waals surface area contributed by atoms with Crippen molar-refractivity contribution >= 4 is 23.2 Å². The van der Waals surface area contributed by atoms with Gasteiger partial charge in [-0.2, -0.15) is 0 Å². The summed E-state index contributed by atoms with van der Waals surface area (Å²) >= 11 is 1.55. The zero-order valence-electron chi connectivity index (χ0n) is 15.9. The van der Waals surface area contributed by atoms with E-state index in [9.17, 15) is 9.59 Å². The van der Waals surface area contributed by atoms with Crippen molar-refractivity contribution in [1.82, 2.24) is 15.5 Å². The third-order valence-electron chi connectivity index (χ3n) is 4.72. The first-order chi connectivity index (χ1) is 13.7. The first-order valence-corrected chi connectivity index (χ1v) is 10.6. The monoisotopic (exact) mass is 401 g/mol. The Morgan fingerprint density at radius 1 is 1.07 bits per heavy atom. The predicted octanol–water partition coefficient (Wildman–Crippen LogP) is 2.33. The average molecular weight is 402 g/mol. The molecule has 1 saturated heterocycles. The quantitative estimate of drug-likeness (QED) is 0.526. The smallest absolute Gasteiger partial charge is 0.309 e. The van der Waals surface area contributed by atoms with E-state index >= 15 is 0 Å². The first kappa shape index (κ1) is 20.5. The van der Waals surface area contributed by atoms with Crippen LogP contribution in [0.25, 0.3) is 0 Å². The number of benzene rings is 1. The molecular weight excluding hydrogens is 374 g/mol. The molecule has 0 saturated carbocycles. The van der Waals surface area contributed by atoms with Crippen molar-refractivity contribution in [3.63, 3.8) is 0 Å². The van der Waals surface area contributed by atoms with E-state index in [1.54, 1.807) is 11.3 Å². The Balaban J connectivity index is 1.28. The van der Waals surface area contributed by atoms with Crippen LogP contribution >= 0.6 is 11.3 Å². The number of nitrogens with zero attached hydrogens (tertiary/aromatic N) is 1. The number of carbonyl (C=O) groups is 2. The van der Waals surface area contributed by atoms with E-state index in [1.807, 2.05) is 35.7 Å². The van der Waals surface area contributed by atoms with Gasteiger partial charge in [0.1, 0.15) is 0 Å². The lowest BCUT2D eigenvalue weighted by Crippen LogP contribution is -2.40. The number of rotatable bonds is 8. The van der Waals surface area contributed by atoms with Gasteiger partial charge in [-0.25, -0.2) is 0 Å². The molecule has 1 atom stereocenters. The lowest BCUT2D eigenvalue weighted by Gasteiger charge is -2.33. The summed E-state index contributed by atoms with van der Waals surface area (Å²) in [6.07, 6.45) is 1.94. The van der Waals surface area contributed by atoms with Crippen LogP contribution in [0.3, 0.4) is 0 Å². The van der Waals surface area contributed by atoms with Crippen LogP contribution in [0.5, 0.6) is 0 Å². The Labute approximate surface area is 169 Å². The van der Waals surface area contributed by atoms with Gasteiger partial charge in [-0.15, -0.1) is 11.3 Å². The van der Waals surface area contributed by atoms with Crippen LogP contribution in [0.15, 0.2) is 47.8 Å². The summed E-state index contributed by atoms with van der Waals surface area (Å²) in [6.45, 7) is 4.43. The van der Waals surface area contributed by atoms with Gasteiger partial charge in [-0.3, -0.25) is 14.5 Å². The number of amides is 2. The van der Waals surface area contributed by atoms with Crippen LogP contribution in [-0.4, -0.2) is 49.5 Å². The maximum atomic E-state index is 11.8. The first-order valence-electron chi connectivity index (χ1n) is 9.69. The molecule has 1 aromatic carbocycles. The molecule has 1 fully saturated rings. The van der Waals surface area contributed by atoms with Crippen molar-refractivity contribution in [2.45, 2.75) is 25.5 Å². The second-order valence-corrected chi connectivity index (χ2v) is 7.83. The second-order valence-electron chi connectivity index (χ2n) is 6.80. The molecular formula is C21H27N3O3S. The second kappa shape index (κ2) is 10.9. The number of thiophene rings is 1. The molecule has 0 bridgehead atoms. The van der Waals surface area contributed by atoms with Gasteiger partial charge in [-0.1, -0.05) is 36.4 Å². The number of carbonyl (C=O) groups excluding carboxylic acids is 2. The fourth-order valence-corrected chi connectivity index (χ4v) is 3.82. The zero-order chi connectivity index (χ0) is 19.6. The van der Waals surface area contributed by atoms with E-state index < -0.39 is 11.8 Å². The molecule has 0 radical (unpaired) electrons. The third-order valence-corrected chi connectivity index (χ3v) is 5.59. The summed E-state index contributed by atoms with van der Waals surface area (Å²) in [7, 11) is 0. The van der Waals surface area contributed by atoms with Gasteiger partial charge in [-0.05, 0) is 36.4 Å². The lowest BCUT2D eigenvalue weighted by molar-refractivity contribution is -0.139. The van der Waals surface area contributed by atoms with E-state index in [4.69, 9.17) is 4.74 Å². The molecule has 2 heterocycles. The molecule has 0 aliphatic carbocycles. The number of unbranched alkanes of at least 4 members (excludes halogenated alkanes) is 1. The van der Waals surface area contributed by atoms with Gasteiger partial charge in [0.05, 0.1) is 19.3 Å². The Bertz CT molecular complexity index is 737. The molecule has 2 aromatic rings. The van der Waals surface area contributed by atoms with Crippen molar-refractivity contribution in [3.05, 3.63) is 58.3 Å². The number of morpholine rings is 1. The molecule has 1 unspecified atom stereocenters. The minimum atomic E-state index is -0.577. The van der Waals surface area contributed by atoms with Crippen LogP contribution in [0, 0.1) is 0 Å². The van der Waals surface area contributed by atoms with Crippen molar-refractivity contribution in [1.29, 1.82) is 0 Å². The molecule has 1 aliphatic rings. The molecule has 2 amide bonds. The Kier molecular flexibility index (Phi) is 8.02. The fraction of sp³-hybridized carbons (Fsp3) is 0.429. The molecule has 1 aliphatic heterocycles. The fourth-order valence-electron chi connectivity index (χ4n) is 3.18. The zero-order valence-corrected chi connectivity index (χ0v) is 16.7. The normalized spacial score (nSPS) is 17.2. The van der Waals surface area contributed by atoms with E-state index in [0.29, 0.717) is 13.1 Å². The highest BCUT2D eigenvalue weighted by Gasteiger charge is 2.21. The van der Waals surface area contributed by atoms with Crippen LogP contribution in [-0.2, 0) is 20.9 Å². The highest BCUT2D eigenvalue weighted by atomic mass is 32.1. The molecule has 1 aromatic heterocycles. The number of ether oxygens (including phenoxy) is 1. The molecule has 150 valence electrons. The SMILES string of the molecule is O=C(NCCCCN1CCOC(c2ccccc2)C1)C(=O)NCc1cccs1. The van der Waals surface area contributed by atoms with Gasteiger partial charge < -0.3 is 15.4 Å². The van der Waals surface area contributed by atoms with E-state index in [2.05, 4.69) is 27.7 Å². The highest BCUT2D eigenvalue weighted by Crippen LogP contribution is 2.21. The maximum absolute atomic E-state index is 11.8. The van der Waals surface area contributed by atoms with Gasteiger partial charge in [0, 0.05) is 24.5 Å². The minimum Gasteiger partial charge on any atom is -0.371 e. The van der Waals surface area contributed by atoms with Crippen molar-refractivity contribution in [3.8, 4) is 0 Å². The largest absolute Gasteiger partial charge is 0.371 e. The summed E-state index contributed by atoms with van der Waals surface area (Å²) in [5.41, 5.74) is 1.22. The van der Waals surface area contributed by atoms with Gasteiger partial charge >= 0.3 is 11.8 Å². The van der Waals surface area contributed by atoms with Gasteiger partial charge in [0.2, 0.25) is 0 Å². The average Bonchev–Trinajstić information content (AvgIpc) is 3.26. The third kappa shape index (κ3) is 6.44. The topological polar surface area (TPSA) is 70.7 Å². The molecule has 2 N–H and O–H groups in total. The van der Waals surface area contributed by atoms with E-state index in [-0.39, 0.29) is 6.10 Å². The van der Waals surface area contributed by atoms with Crippen LogP contribution in [0.2, 0.25) is 0 Å². The Morgan fingerprint density at radius 3 is 2.68 bits per heavy atom. The number of hydrogen-bond donors (Lipinski definition) is 2. The van der Waals surface area contributed by atoms with Crippen LogP contribution in [0.4, 0.5) is 0 Å². The van der Waals surface area contributed by atoms with Crippen molar-refractivity contribution in [2.24, 2.45) is 0 Å². The molecule has 0 spiro atoms. The van der Waals surface area contributed by atoms with Gasteiger partial charge in [0.15, 0.2) is 0 Å². The summed E-state index contributed by atoms with van der Waals surface area (Å²) in [6, 6.07) is 14.1. The van der Waals surface area contributed by atoms with Crippen LogP contribution < -0.4 is 10.6 Å². The van der Waals surface area contributed by atoms with Crippen LogP contribution in [0.1, 0.15) is 29.4 Å². The predicted molar refractivity (Wildman–Crippen MR) is 110 cm³/mol. The highest BCUT2D eigenvalue weighted by molar-refractivity contribution is 7.09. The Morgan fingerprint density at radius 2 is 1.89 bits per heavy atom. The lowest BCUT2D eigenvalue weighted by atomic mass is 10.1. The standard InChI is InChI=1S/C21H27N3O3S/c25-20(21(26)23-15-18-9-6-14-28-18)22-10-4-5-11-24-12-13-27-19(16-24)17-7-2-1-3-8-17/h1-3,6-9,14,19H,4-5,10-13,15-16H2,(H,22,25)(H,23,26). The number of nitrogens with one attached hydrogen (secondary N) is 2. The summed E-state index contributed by atoms with van der Waals surface area (Å²) in [5, 5.41) is 7.27. The summed E-state index contributed by atoms with van der Waals surface area (Å²) in [5.74, 6) is -1.14. The van der Waals surface area contributed by atoms with E-state index in [1.165, 1.54) is 5.56 Å². The van der Waals surface area contributed by atoms with Crippen molar-refractivity contribution < 1.29 is 14.3 Å². The molecule has 28 heavy (non-hydrogen) atoms.